The minimum absolute atomic E-state index is 0.167. The Morgan fingerprint density at radius 2 is 0.974 bits per heavy atom. The lowest BCUT2D eigenvalue weighted by molar-refractivity contribution is 1.07. The fraction of sp³-hybridized carbons (Fsp3) is 0. The van der Waals surface area contributed by atoms with Gasteiger partial charge in [0.2, 0.25) is 5.28 Å². The molecule has 39 heavy (non-hydrogen) atoms. The van der Waals surface area contributed by atoms with Crippen LogP contribution >= 0.6 is 11.6 Å². The van der Waals surface area contributed by atoms with E-state index in [1.54, 1.807) is 0 Å². The summed E-state index contributed by atoms with van der Waals surface area (Å²) in [5.41, 5.74) is 6.34. The molecular weight excluding hydrogens is 498 g/mol. The molecule has 0 spiro atoms. The molecule has 0 N–H and O–H groups in total. The van der Waals surface area contributed by atoms with Gasteiger partial charge in [0.1, 0.15) is 0 Å². The van der Waals surface area contributed by atoms with Gasteiger partial charge in [0.25, 0.3) is 0 Å². The predicted molar refractivity (Wildman–Crippen MR) is 162 cm³/mol. The molecule has 0 aliphatic rings. The van der Waals surface area contributed by atoms with Crippen LogP contribution in [0.3, 0.4) is 0 Å². The molecule has 0 atom stereocenters. The van der Waals surface area contributed by atoms with E-state index in [4.69, 9.17) is 16.6 Å². The maximum Gasteiger partial charge on any atom is 0.226 e. The summed E-state index contributed by atoms with van der Waals surface area (Å²) in [7, 11) is 0. The van der Waals surface area contributed by atoms with Crippen molar-refractivity contribution in [2.45, 2.75) is 0 Å². The zero-order valence-corrected chi connectivity index (χ0v) is 21.7. The Morgan fingerprint density at radius 1 is 0.385 bits per heavy atom. The Labute approximate surface area is 231 Å². The van der Waals surface area contributed by atoms with E-state index in [-0.39, 0.29) is 5.28 Å². The monoisotopic (exact) mass is 519 g/mol. The second-order valence-electron chi connectivity index (χ2n) is 9.43. The van der Waals surface area contributed by atoms with Crippen molar-refractivity contribution >= 4 is 33.1 Å². The minimum atomic E-state index is 0.167. The molecule has 0 saturated carbocycles. The van der Waals surface area contributed by atoms with Gasteiger partial charge in [-0.3, -0.25) is 0 Å². The van der Waals surface area contributed by atoms with Crippen molar-refractivity contribution in [2.24, 2.45) is 0 Å². The number of benzene rings is 6. The molecule has 7 aromatic rings. The molecule has 4 heteroatoms. The van der Waals surface area contributed by atoms with Gasteiger partial charge in [-0.25, -0.2) is 4.98 Å². The van der Waals surface area contributed by atoms with E-state index in [2.05, 4.69) is 119 Å². The molecule has 0 radical (unpaired) electrons. The Kier molecular flexibility index (Phi) is 5.84. The van der Waals surface area contributed by atoms with Crippen LogP contribution in [0, 0.1) is 0 Å². The maximum absolute atomic E-state index is 6.54. The van der Waals surface area contributed by atoms with Gasteiger partial charge in [-0.05, 0) is 67.5 Å². The smallest absolute Gasteiger partial charge is 0.208 e. The molecule has 0 saturated heterocycles. The molecule has 6 aromatic carbocycles. The van der Waals surface area contributed by atoms with E-state index in [0.717, 1.165) is 49.5 Å². The van der Waals surface area contributed by atoms with Crippen LogP contribution in [0.2, 0.25) is 5.28 Å². The zero-order chi connectivity index (χ0) is 26.2. The summed E-state index contributed by atoms with van der Waals surface area (Å²) in [4.78, 5) is 14.1. The number of fused-ring (bicyclic) bond motifs is 3. The molecule has 3 nitrogen and oxygen atoms in total. The topological polar surface area (TPSA) is 38.7 Å². The van der Waals surface area contributed by atoms with Crippen molar-refractivity contribution in [3.8, 4) is 45.0 Å². The second kappa shape index (κ2) is 9.79. The largest absolute Gasteiger partial charge is 0.226 e. The van der Waals surface area contributed by atoms with Crippen LogP contribution in [0.1, 0.15) is 0 Å². The molecule has 0 fully saturated rings. The fourth-order valence-electron chi connectivity index (χ4n) is 5.25. The third-order valence-corrected chi connectivity index (χ3v) is 7.23. The van der Waals surface area contributed by atoms with E-state index in [1.165, 1.54) is 5.39 Å². The lowest BCUT2D eigenvalue weighted by Gasteiger charge is -2.14. The number of aromatic nitrogens is 3. The van der Waals surface area contributed by atoms with Crippen LogP contribution < -0.4 is 0 Å². The van der Waals surface area contributed by atoms with Crippen molar-refractivity contribution in [1.82, 2.24) is 15.0 Å². The predicted octanol–water partition coefficient (Wildman–Crippen LogP) is 9.50. The van der Waals surface area contributed by atoms with Gasteiger partial charge in [-0.1, -0.05) is 121 Å². The Bertz CT molecular complexity index is 1970. The van der Waals surface area contributed by atoms with E-state index in [9.17, 15) is 0 Å². The fourth-order valence-corrected chi connectivity index (χ4v) is 5.41. The second-order valence-corrected chi connectivity index (χ2v) is 9.77. The number of nitrogens with zero attached hydrogens (tertiary/aromatic N) is 3. The Hall–Kier alpha value is -4.86. The van der Waals surface area contributed by atoms with Crippen LogP contribution in [0.4, 0.5) is 0 Å². The van der Waals surface area contributed by atoms with Gasteiger partial charge in [0, 0.05) is 11.1 Å². The first-order chi connectivity index (χ1) is 19.2. The standard InChI is InChI=1S/C35H22ClN3/c36-35-38-33(26-19-20-28(23-11-3-1-4-12-23)31(22-26)24-13-5-2-6-14-24)37-34(39-35)32-21-25-15-7-8-16-27(25)29-17-9-10-18-30(29)32/h1-22H. The lowest BCUT2D eigenvalue weighted by atomic mass is 9.92. The van der Waals surface area contributed by atoms with Crippen molar-refractivity contribution in [2.75, 3.05) is 0 Å². The minimum Gasteiger partial charge on any atom is -0.208 e. The van der Waals surface area contributed by atoms with Crippen LogP contribution in [0.25, 0.3) is 66.6 Å². The van der Waals surface area contributed by atoms with E-state index in [1.807, 2.05) is 24.3 Å². The highest BCUT2D eigenvalue weighted by molar-refractivity contribution is 6.28. The van der Waals surface area contributed by atoms with Crippen molar-refractivity contribution in [3.63, 3.8) is 0 Å². The highest BCUT2D eigenvalue weighted by Crippen LogP contribution is 2.37. The lowest BCUT2D eigenvalue weighted by Crippen LogP contribution is -1.98. The number of hydrogen-bond acceptors (Lipinski definition) is 3. The van der Waals surface area contributed by atoms with Gasteiger partial charge in [0.15, 0.2) is 11.6 Å². The summed E-state index contributed by atoms with van der Waals surface area (Å²) in [6.07, 6.45) is 0. The highest BCUT2D eigenvalue weighted by Gasteiger charge is 2.16. The van der Waals surface area contributed by atoms with Crippen molar-refractivity contribution < 1.29 is 0 Å². The average Bonchev–Trinajstić information content (AvgIpc) is 3.01. The molecule has 184 valence electrons. The van der Waals surface area contributed by atoms with Crippen LogP contribution in [-0.2, 0) is 0 Å². The summed E-state index contributed by atoms with van der Waals surface area (Å²) >= 11 is 6.54. The zero-order valence-electron chi connectivity index (χ0n) is 20.9. The number of hydrogen-bond donors (Lipinski definition) is 0. The average molecular weight is 520 g/mol. The normalized spacial score (nSPS) is 11.2. The maximum atomic E-state index is 6.54. The summed E-state index contributed by atoms with van der Waals surface area (Å²) in [5, 5.41) is 4.72. The summed E-state index contributed by atoms with van der Waals surface area (Å²) in [5.74, 6) is 1.10. The van der Waals surface area contributed by atoms with Gasteiger partial charge >= 0.3 is 0 Å². The summed E-state index contributed by atoms with van der Waals surface area (Å²) in [6.45, 7) is 0. The van der Waals surface area contributed by atoms with Crippen LogP contribution in [-0.4, -0.2) is 15.0 Å². The van der Waals surface area contributed by atoms with E-state index in [0.29, 0.717) is 11.6 Å². The molecular formula is C35H22ClN3. The van der Waals surface area contributed by atoms with Crippen LogP contribution in [0.15, 0.2) is 133 Å². The van der Waals surface area contributed by atoms with Gasteiger partial charge in [-0.15, -0.1) is 0 Å². The molecule has 1 aromatic heterocycles. The molecule has 0 bridgehead atoms. The Balaban J connectivity index is 1.43. The summed E-state index contributed by atoms with van der Waals surface area (Å²) < 4.78 is 0. The van der Waals surface area contributed by atoms with E-state index >= 15 is 0 Å². The third kappa shape index (κ3) is 4.33. The molecule has 0 unspecified atom stereocenters. The third-order valence-electron chi connectivity index (χ3n) is 7.06. The van der Waals surface area contributed by atoms with Crippen molar-refractivity contribution in [1.29, 1.82) is 0 Å². The quantitative estimate of drug-likeness (QED) is 0.217. The van der Waals surface area contributed by atoms with Crippen molar-refractivity contribution in [3.05, 3.63) is 139 Å². The van der Waals surface area contributed by atoms with E-state index < -0.39 is 0 Å². The SMILES string of the molecule is Clc1nc(-c2ccc(-c3ccccc3)c(-c3ccccc3)c2)nc(-c2cc3ccccc3c3ccccc23)n1. The number of halogens is 1. The molecule has 7 rings (SSSR count). The number of rotatable bonds is 4. The molecule has 0 aliphatic heterocycles. The highest BCUT2D eigenvalue weighted by atomic mass is 35.5. The first kappa shape index (κ1) is 23.3. The first-order valence-electron chi connectivity index (χ1n) is 12.8. The van der Waals surface area contributed by atoms with Crippen LogP contribution in [0.5, 0.6) is 0 Å². The summed E-state index contributed by atoms with van der Waals surface area (Å²) in [6, 6.07) is 46.0. The first-order valence-corrected chi connectivity index (χ1v) is 13.2. The molecule has 0 aliphatic carbocycles. The van der Waals surface area contributed by atoms with Gasteiger partial charge in [0.05, 0.1) is 0 Å². The molecule has 1 heterocycles. The molecule has 0 amide bonds. The van der Waals surface area contributed by atoms with Gasteiger partial charge < -0.3 is 0 Å². The Morgan fingerprint density at radius 3 is 1.72 bits per heavy atom. The van der Waals surface area contributed by atoms with Gasteiger partial charge in [-0.2, -0.15) is 9.97 Å².